The quantitative estimate of drug-likeness (QED) is 0.826. The van der Waals surface area contributed by atoms with E-state index in [-0.39, 0.29) is 24.2 Å². The molecule has 6 heteroatoms. The first-order valence-corrected chi connectivity index (χ1v) is 8.99. The molecular formula is C18H24Cl2N2O2. The van der Waals surface area contributed by atoms with Crippen LogP contribution in [0.3, 0.4) is 0 Å². The Morgan fingerprint density at radius 2 is 1.92 bits per heavy atom. The van der Waals surface area contributed by atoms with Crippen molar-refractivity contribution in [2.75, 3.05) is 32.8 Å². The summed E-state index contributed by atoms with van der Waals surface area (Å²) in [7, 11) is 0. The van der Waals surface area contributed by atoms with Crippen LogP contribution in [0.4, 0.5) is 0 Å². The van der Waals surface area contributed by atoms with Crippen molar-refractivity contribution in [3.8, 4) is 5.75 Å². The first kappa shape index (κ1) is 17.8. The van der Waals surface area contributed by atoms with E-state index < -0.39 is 0 Å². The van der Waals surface area contributed by atoms with Crippen LogP contribution in [-0.2, 0) is 11.2 Å². The van der Waals surface area contributed by atoms with Crippen molar-refractivity contribution in [3.05, 3.63) is 28.8 Å². The first-order chi connectivity index (χ1) is 11.2. The maximum Gasteiger partial charge on any atom is 0.229 e. The van der Waals surface area contributed by atoms with Crippen LogP contribution in [0.15, 0.2) is 18.2 Å². The molecule has 4 rings (SSSR count). The Hall–Kier alpha value is -0.970. The molecule has 1 aromatic carbocycles. The Morgan fingerprint density at radius 1 is 1.21 bits per heavy atom. The molecule has 1 amide bonds. The van der Waals surface area contributed by atoms with E-state index in [0.717, 1.165) is 68.6 Å². The third kappa shape index (κ3) is 3.51. The molecule has 3 aliphatic rings. The van der Waals surface area contributed by atoms with Gasteiger partial charge in [0.25, 0.3) is 0 Å². The number of nitrogens with one attached hydrogen (secondary N) is 1. The molecule has 4 nitrogen and oxygen atoms in total. The fourth-order valence-electron chi connectivity index (χ4n) is 4.22. The highest BCUT2D eigenvalue weighted by Gasteiger charge is 2.34. The van der Waals surface area contributed by atoms with Crippen LogP contribution < -0.4 is 10.1 Å². The van der Waals surface area contributed by atoms with Gasteiger partial charge in [-0.3, -0.25) is 4.79 Å². The summed E-state index contributed by atoms with van der Waals surface area (Å²) in [5, 5.41) is 4.18. The zero-order chi connectivity index (χ0) is 15.8. The van der Waals surface area contributed by atoms with Crippen LogP contribution >= 0.6 is 24.0 Å². The molecule has 2 fully saturated rings. The monoisotopic (exact) mass is 370 g/mol. The van der Waals surface area contributed by atoms with Crippen molar-refractivity contribution in [1.82, 2.24) is 10.2 Å². The number of ether oxygens (including phenoxy) is 1. The van der Waals surface area contributed by atoms with Crippen LogP contribution in [0.1, 0.15) is 18.4 Å². The highest BCUT2D eigenvalue weighted by atomic mass is 35.5. The van der Waals surface area contributed by atoms with Crippen LogP contribution in [0.2, 0.25) is 5.02 Å². The number of fused-ring (bicyclic) bond motifs is 2. The molecule has 0 saturated carbocycles. The number of nitrogens with zero attached hydrogens (tertiary/aromatic N) is 1. The maximum absolute atomic E-state index is 12.9. The van der Waals surface area contributed by atoms with Gasteiger partial charge in [-0.05, 0) is 68.0 Å². The highest BCUT2D eigenvalue weighted by Crippen LogP contribution is 2.32. The third-order valence-electron chi connectivity index (χ3n) is 5.61. The standard InChI is InChI=1S/C18H23ClN2O2.ClH/c19-16-1-2-17-14(8-16)7-15(11-23-17)18(22)21-5-3-12-9-20-10-13(12)4-6-21;/h1-2,8,12-13,15,20H,3-7,9-11H2;1H/t12-,13+,15?;. The molecule has 132 valence electrons. The van der Waals surface area contributed by atoms with E-state index in [4.69, 9.17) is 16.3 Å². The summed E-state index contributed by atoms with van der Waals surface area (Å²) < 4.78 is 5.79. The average molecular weight is 371 g/mol. The van der Waals surface area contributed by atoms with Crippen LogP contribution in [-0.4, -0.2) is 43.6 Å². The lowest BCUT2D eigenvalue weighted by Gasteiger charge is -2.30. The van der Waals surface area contributed by atoms with E-state index in [2.05, 4.69) is 10.2 Å². The summed E-state index contributed by atoms with van der Waals surface area (Å²) in [6.45, 7) is 4.50. The van der Waals surface area contributed by atoms with Gasteiger partial charge < -0.3 is 15.0 Å². The SMILES string of the molecule is Cl.O=C(C1COc2ccc(Cl)cc2C1)N1CC[C@@H]2CNC[C@@H]2CC1. The first-order valence-electron chi connectivity index (χ1n) is 8.61. The van der Waals surface area contributed by atoms with Crippen LogP contribution in [0, 0.1) is 17.8 Å². The molecule has 1 aromatic rings. The lowest BCUT2D eigenvalue weighted by molar-refractivity contribution is -0.136. The Labute approximate surface area is 154 Å². The van der Waals surface area contributed by atoms with Gasteiger partial charge in [-0.2, -0.15) is 0 Å². The molecule has 0 spiro atoms. The maximum atomic E-state index is 12.9. The van der Waals surface area contributed by atoms with Gasteiger partial charge in [0.05, 0.1) is 5.92 Å². The Morgan fingerprint density at radius 3 is 2.62 bits per heavy atom. The summed E-state index contributed by atoms with van der Waals surface area (Å²) in [6.07, 6.45) is 2.98. The predicted octanol–water partition coefficient (Wildman–Crippen LogP) is 2.77. The van der Waals surface area contributed by atoms with E-state index in [0.29, 0.717) is 11.6 Å². The number of rotatable bonds is 1. The number of carbonyl (C=O) groups excluding carboxylic acids is 1. The Balaban J connectivity index is 0.00000169. The minimum atomic E-state index is -0.0722. The molecule has 3 aliphatic heterocycles. The zero-order valence-corrected chi connectivity index (χ0v) is 15.2. The molecule has 2 saturated heterocycles. The topological polar surface area (TPSA) is 41.6 Å². The van der Waals surface area contributed by atoms with Gasteiger partial charge in [0.15, 0.2) is 0 Å². The minimum absolute atomic E-state index is 0. The third-order valence-corrected chi connectivity index (χ3v) is 5.84. The van der Waals surface area contributed by atoms with E-state index >= 15 is 0 Å². The largest absolute Gasteiger partial charge is 0.492 e. The number of hydrogen-bond acceptors (Lipinski definition) is 3. The Kier molecular flexibility index (Phi) is 5.58. The van der Waals surface area contributed by atoms with Crippen molar-refractivity contribution in [1.29, 1.82) is 0 Å². The fourth-order valence-corrected chi connectivity index (χ4v) is 4.41. The molecule has 1 unspecified atom stereocenters. The van der Waals surface area contributed by atoms with Gasteiger partial charge in [-0.15, -0.1) is 12.4 Å². The number of carbonyl (C=O) groups is 1. The van der Waals surface area contributed by atoms with Crippen molar-refractivity contribution < 1.29 is 9.53 Å². The smallest absolute Gasteiger partial charge is 0.229 e. The second kappa shape index (κ2) is 7.51. The van der Waals surface area contributed by atoms with Crippen molar-refractivity contribution in [2.45, 2.75) is 19.3 Å². The molecular weight excluding hydrogens is 347 g/mol. The summed E-state index contributed by atoms with van der Waals surface area (Å²) in [5.74, 6) is 2.54. The summed E-state index contributed by atoms with van der Waals surface area (Å²) in [5.41, 5.74) is 1.05. The van der Waals surface area contributed by atoms with Gasteiger partial charge in [0, 0.05) is 18.1 Å². The summed E-state index contributed by atoms with van der Waals surface area (Å²) >= 11 is 6.07. The lowest BCUT2D eigenvalue weighted by Crippen LogP contribution is -2.41. The molecule has 1 N–H and O–H groups in total. The molecule has 0 bridgehead atoms. The lowest BCUT2D eigenvalue weighted by atomic mass is 9.92. The number of hydrogen-bond donors (Lipinski definition) is 1. The van der Waals surface area contributed by atoms with Crippen molar-refractivity contribution in [3.63, 3.8) is 0 Å². The van der Waals surface area contributed by atoms with E-state index in [1.165, 1.54) is 0 Å². The number of halogens is 2. The number of likely N-dealkylation sites (tertiary alicyclic amines) is 1. The minimum Gasteiger partial charge on any atom is -0.492 e. The van der Waals surface area contributed by atoms with Crippen molar-refractivity contribution in [2.24, 2.45) is 17.8 Å². The summed E-state index contributed by atoms with van der Waals surface area (Å²) in [6, 6.07) is 5.66. The van der Waals surface area contributed by atoms with Crippen LogP contribution in [0.5, 0.6) is 5.75 Å². The van der Waals surface area contributed by atoms with E-state index in [9.17, 15) is 4.79 Å². The fraction of sp³-hybridized carbons (Fsp3) is 0.611. The molecule has 0 aromatic heterocycles. The molecule has 24 heavy (non-hydrogen) atoms. The number of benzene rings is 1. The predicted molar refractivity (Wildman–Crippen MR) is 97.1 cm³/mol. The van der Waals surface area contributed by atoms with Gasteiger partial charge in [0.2, 0.25) is 5.91 Å². The summed E-state index contributed by atoms with van der Waals surface area (Å²) in [4.78, 5) is 15.0. The average Bonchev–Trinajstić information content (AvgIpc) is 2.92. The second-order valence-corrected chi connectivity index (χ2v) is 7.48. The van der Waals surface area contributed by atoms with Crippen molar-refractivity contribution >= 4 is 29.9 Å². The number of amides is 1. The normalized spacial score (nSPS) is 28.9. The van der Waals surface area contributed by atoms with Gasteiger partial charge in [-0.1, -0.05) is 11.6 Å². The van der Waals surface area contributed by atoms with Gasteiger partial charge in [-0.25, -0.2) is 0 Å². The zero-order valence-electron chi connectivity index (χ0n) is 13.7. The molecule has 3 heterocycles. The van der Waals surface area contributed by atoms with Gasteiger partial charge >= 0.3 is 0 Å². The highest BCUT2D eigenvalue weighted by molar-refractivity contribution is 6.30. The van der Waals surface area contributed by atoms with Gasteiger partial charge in [0.1, 0.15) is 12.4 Å². The van der Waals surface area contributed by atoms with E-state index in [1.54, 1.807) is 0 Å². The van der Waals surface area contributed by atoms with Crippen LogP contribution in [0.25, 0.3) is 0 Å². The molecule has 0 aliphatic carbocycles. The Bertz CT molecular complexity index is 597. The molecule has 0 radical (unpaired) electrons. The van der Waals surface area contributed by atoms with E-state index in [1.807, 2.05) is 18.2 Å². The molecule has 3 atom stereocenters. The second-order valence-electron chi connectivity index (χ2n) is 7.05.